The van der Waals surface area contributed by atoms with E-state index in [0.717, 1.165) is 0 Å². The van der Waals surface area contributed by atoms with E-state index < -0.39 is 10.5 Å². The van der Waals surface area contributed by atoms with Gasteiger partial charge in [0.15, 0.2) is 6.29 Å². The van der Waals surface area contributed by atoms with Gasteiger partial charge in [0.1, 0.15) is 0 Å². The van der Waals surface area contributed by atoms with Crippen molar-refractivity contribution in [2.75, 3.05) is 31.7 Å². The highest BCUT2D eigenvalue weighted by Crippen LogP contribution is 2.27. The Labute approximate surface area is 122 Å². The summed E-state index contributed by atoms with van der Waals surface area (Å²) in [5, 5.41) is 21.3. The van der Waals surface area contributed by atoms with Crippen LogP contribution >= 0.6 is 0 Å². The number of nitro groups is 1. The Morgan fingerprint density at radius 1 is 1.48 bits per heavy atom. The monoisotopic (exact) mass is 294 g/mol. The fraction of sp³-hybridized carbons (Fsp3) is 0.500. The summed E-state index contributed by atoms with van der Waals surface area (Å²) in [6, 6.07) is 4.35. The lowest BCUT2D eigenvalue weighted by Gasteiger charge is -2.36. The number of hydrogen-bond donors (Lipinski definition) is 1. The zero-order chi connectivity index (χ0) is 15.5. The van der Waals surface area contributed by atoms with Gasteiger partial charge in [-0.3, -0.25) is 14.9 Å². The number of carbonyl (C=O) groups is 1. The molecule has 21 heavy (non-hydrogen) atoms. The van der Waals surface area contributed by atoms with Crippen LogP contribution in [0.15, 0.2) is 18.2 Å². The molecule has 0 aromatic heterocycles. The van der Waals surface area contributed by atoms with Gasteiger partial charge in [-0.2, -0.15) is 0 Å². The summed E-state index contributed by atoms with van der Waals surface area (Å²) >= 11 is 0. The van der Waals surface area contributed by atoms with E-state index in [4.69, 9.17) is 4.74 Å². The Morgan fingerprint density at radius 3 is 2.71 bits per heavy atom. The molecule has 0 radical (unpaired) electrons. The predicted molar refractivity (Wildman–Crippen MR) is 76.8 cm³/mol. The van der Waals surface area contributed by atoms with E-state index in [-0.39, 0.29) is 11.3 Å². The first-order valence-corrected chi connectivity index (χ1v) is 6.70. The molecular formula is C14H18N2O5. The molecule has 0 unspecified atom stereocenters. The highest BCUT2D eigenvalue weighted by molar-refractivity contribution is 5.83. The summed E-state index contributed by atoms with van der Waals surface area (Å²) in [5.74, 6) is 0. The molecule has 7 nitrogen and oxygen atoms in total. The van der Waals surface area contributed by atoms with Crippen LogP contribution in [0.1, 0.15) is 23.2 Å². The molecule has 1 aromatic carbocycles. The van der Waals surface area contributed by atoms with Gasteiger partial charge in [0.2, 0.25) is 0 Å². The average Bonchev–Trinajstić information content (AvgIpc) is 2.46. The average molecular weight is 294 g/mol. The number of likely N-dealkylation sites (N-methyl/N-ethyl adjacent to an activating group) is 1. The summed E-state index contributed by atoms with van der Waals surface area (Å²) in [7, 11) is 1.78. The van der Waals surface area contributed by atoms with Crippen molar-refractivity contribution in [2.45, 2.75) is 18.4 Å². The second-order valence-corrected chi connectivity index (χ2v) is 5.31. The van der Waals surface area contributed by atoms with Crippen LogP contribution in [-0.2, 0) is 4.74 Å². The first-order chi connectivity index (χ1) is 9.95. The standard InChI is InChI=1S/C14H18N2O5/c1-15(10-14(18)4-6-21-7-5-14)12-2-3-13(16(19)20)11(8-12)9-17/h2-3,8-9,18H,4-7,10H2,1H3. The van der Waals surface area contributed by atoms with E-state index in [9.17, 15) is 20.0 Å². The first-order valence-electron chi connectivity index (χ1n) is 6.70. The molecule has 1 heterocycles. The molecule has 0 saturated carbocycles. The third-order valence-electron chi connectivity index (χ3n) is 3.73. The number of hydrogen-bond acceptors (Lipinski definition) is 6. The molecule has 1 aromatic rings. The third-order valence-corrected chi connectivity index (χ3v) is 3.73. The van der Waals surface area contributed by atoms with Crippen LogP contribution in [-0.4, -0.2) is 48.7 Å². The van der Waals surface area contributed by atoms with E-state index >= 15 is 0 Å². The van der Waals surface area contributed by atoms with Gasteiger partial charge in [0.05, 0.1) is 16.1 Å². The molecule has 1 saturated heterocycles. The van der Waals surface area contributed by atoms with Crippen molar-refractivity contribution < 1.29 is 19.6 Å². The topological polar surface area (TPSA) is 92.9 Å². The van der Waals surface area contributed by atoms with Crippen molar-refractivity contribution in [1.82, 2.24) is 0 Å². The molecule has 1 fully saturated rings. The molecule has 7 heteroatoms. The lowest BCUT2D eigenvalue weighted by Crippen LogP contribution is -2.45. The van der Waals surface area contributed by atoms with Crippen molar-refractivity contribution in [2.24, 2.45) is 0 Å². The van der Waals surface area contributed by atoms with Crippen molar-refractivity contribution in [3.05, 3.63) is 33.9 Å². The van der Waals surface area contributed by atoms with Gasteiger partial charge in [0.25, 0.3) is 5.69 Å². The van der Waals surface area contributed by atoms with Crippen LogP contribution in [0.3, 0.4) is 0 Å². The van der Waals surface area contributed by atoms with Crippen molar-refractivity contribution >= 4 is 17.7 Å². The summed E-state index contributed by atoms with van der Waals surface area (Å²) < 4.78 is 5.23. The van der Waals surface area contributed by atoms with Crippen LogP contribution < -0.4 is 4.90 Å². The zero-order valence-electron chi connectivity index (χ0n) is 11.8. The van der Waals surface area contributed by atoms with Crippen LogP contribution in [0.4, 0.5) is 11.4 Å². The van der Waals surface area contributed by atoms with Crippen LogP contribution in [0, 0.1) is 10.1 Å². The van der Waals surface area contributed by atoms with Gasteiger partial charge in [-0.1, -0.05) is 0 Å². The highest BCUT2D eigenvalue weighted by atomic mass is 16.6. The number of aliphatic hydroxyl groups is 1. The second kappa shape index (κ2) is 6.19. The lowest BCUT2D eigenvalue weighted by atomic mass is 9.93. The molecule has 1 aliphatic rings. The van der Waals surface area contributed by atoms with E-state index in [0.29, 0.717) is 44.6 Å². The molecule has 114 valence electrons. The highest BCUT2D eigenvalue weighted by Gasteiger charge is 2.31. The Balaban J connectivity index is 2.17. The fourth-order valence-electron chi connectivity index (χ4n) is 2.48. The van der Waals surface area contributed by atoms with Gasteiger partial charge < -0.3 is 14.7 Å². The largest absolute Gasteiger partial charge is 0.388 e. The number of benzene rings is 1. The molecule has 0 spiro atoms. The van der Waals surface area contributed by atoms with E-state index in [2.05, 4.69) is 0 Å². The van der Waals surface area contributed by atoms with Crippen molar-refractivity contribution in [1.29, 1.82) is 0 Å². The maximum atomic E-state index is 11.0. The Kier molecular flexibility index (Phi) is 4.54. The van der Waals surface area contributed by atoms with E-state index in [1.807, 2.05) is 0 Å². The van der Waals surface area contributed by atoms with E-state index in [1.54, 1.807) is 18.0 Å². The lowest BCUT2D eigenvalue weighted by molar-refractivity contribution is -0.385. The third kappa shape index (κ3) is 3.56. The minimum absolute atomic E-state index is 0.0308. The number of nitrogens with zero attached hydrogens (tertiary/aromatic N) is 2. The fourth-order valence-corrected chi connectivity index (χ4v) is 2.48. The smallest absolute Gasteiger partial charge is 0.280 e. The van der Waals surface area contributed by atoms with Crippen molar-refractivity contribution in [3.63, 3.8) is 0 Å². The Bertz CT molecular complexity index is 540. The maximum Gasteiger partial charge on any atom is 0.280 e. The predicted octanol–water partition coefficient (Wildman–Crippen LogP) is 1.38. The molecule has 0 atom stereocenters. The summed E-state index contributed by atoms with van der Waals surface area (Å²) in [6.07, 6.45) is 1.56. The van der Waals surface area contributed by atoms with Crippen molar-refractivity contribution in [3.8, 4) is 0 Å². The number of anilines is 1. The summed E-state index contributed by atoms with van der Waals surface area (Å²) in [5.41, 5.74) is -0.367. The molecule has 1 N–H and O–H groups in total. The molecule has 0 amide bonds. The van der Waals surface area contributed by atoms with Crippen LogP contribution in [0.5, 0.6) is 0 Å². The van der Waals surface area contributed by atoms with Crippen LogP contribution in [0.2, 0.25) is 0 Å². The molecule has 0 bridgehead atoms. The number of rotatable bonds is 5. The Hall–Kier alpha value is -1.99. The summed E-state index contributed by atoms with van der Waals surface area (Å²) in [4.78, 5) is 23.0. The molecular weight excluding hydrogens is 276 g/mol. The number of aldehydes is 1. The zero-order valence-corrected chi connectivity index (χ0v) is 11.8. The van der Waals surface area contributed by atoms with Gasteiger partial charge in [-0.15, -0.1) is 0 Å². The van der Waals surface area contributed by atoms with Gasteiger partial charge >= 0.3 is 0 Å². The maximum absolute atomic E-state index is 11.0. The Morgan fingerprint density at radius 2 is 2.14 bits per heavy atom. The minimum Gasteiger partial charge on any atom is -0.388 e. The van der Waals surface area contributed by atoms with Gasteiger partial charge in [0, 0.05) is 51.4 Å². The van der Waals surface area contributed by atoms with Crippen LogP contribution in [0.25, 0.3) is 0 Å². The van der Waals surface area contributed by atoms with E-state index in [1.165, 1.54) is 12.1 Å². The van der Waals surface area contributed by atoms with Gasteiger partial charge in [-0.05, 0) is 12.1 Å². The second-order valence-electron chi connectivity index (χ2n) is 5.31. The number of carbonyl (C=O) groups excluding carboxylic acids is 1. The molecule has 2 rings (SSSR count). The van der Waals surface area contributed by atoms with Gasteiger partial charge in [-0.25, -0.2) is 0 Å². The molecule has 0 aliphatic carbocycles. The normalized spacial score (nSPS) is 17.2. The molecule has 1 aliphatic heterocycles. The summed E-state index contributed by atoms with van der Waals surface area (Å²) in [6.45, 7) is 1.42. The number of nitro benzene ring substituents is 1. The quantitative estimate of drug-likeness (QED) is 0.501. The SMILES string of the molecule is CN(CC1(O)CCOCC1)c1ccc([N+](=O)[O-])c(C=O)c1. The first kappa shape index (κ1) is 15.4. The minimum atomic E-state index is -0.837. The number of ether oxygens (including phenoxy) is 1.